The molecule has 21 heavy (non-hydrogen) atoms. The van der Waals surface area contributed by atoms with Crippen LogP contribution in [-0.4, -0.2) is 11.7 Å². The lowest BCUT2D eigenvalue weighted by atomic mass is 9.87. The Hall–Kier alpha value is -1.04. The van der Waals surface area contributed by atoms with Crippen molar-refractivity contribution in [2.45, 2.75) is 9.81 Å². The van der Waals surface area contributed by atoms with Crippen molar-refractivity contribution in [3.05, 3.63) is 64.0 Å². The number of halogens is 1. The number of fused-ring (bicyclic) bond motifs is 2. The van der Waals surface area contributed by atoms with Crippen LogP contribution in [0.3, 0.4) is 0 Å². The van der Waals surface area contributed by atoms with E-state index in [2.05, 4.69) is 29.0 Å². The van der Waals surface area contributed by atoms with Crippen molar-refractivity contribution in [1.29, 1.82) is 0 Å². The average molecular weight is 334 g/mol. The minimum absolute atomic E-state index is 0.468. The largest absolute Gasteiger partial charge is 0.379 e. The van der Waals surface area contributed by atoms with Gasteiger partial charge in [-0.15, -0.1) is 11.3 Å². The summed E-state index contributed by atoms with van der Waals surface area (Å²) in [6.07, 6.45) is 0. The second kappa shape index (κ2) is 5.00. The van der Waals surface area contributed by atoms with Crippen molar-refractivity contribution in [3.8, 4) is 0 Å². The molecule has 2 N–H and O–H groups in total. The van der Waals surface area contributed by atoms with Crippen molar-refractivity contribution < 1.29 is 5.11 Å². The van der Waals surface area contributed by atoms with Gasteiger partial charge < -0.3 is 5.11 Å². The Morgan fingerprint density at radius 1 is 1.10 bits per heavy atom. The van der Waals surface area contributed by atoms with E-state index in [4.69, 9.17) is 11.6 Å². The Kier molecular flexibility index (Phi) is 3.24. The lowest BCUT2D eigenvalue weighted by Gasteiger charge is -2.33. The highest BCUT2D eigenvalue weighted by Gasteiger charge is 2.38. The summed E-state index contributed by atoms with van der Waals surface area (Å²) in [5, 5.41) is 13.5. The van der Waals surface area contributed by atoms with Crippen LogP contribution in [0.15, 0.2) is 52.7 Å². The van der Waals surface area contributed by atoms with E-state index in [-0.39, 0.29) is 0 Å². The van der Waals surface area contributed by atoms with Gasteiger partial charge >= 0.3 is 0 Å². The third-order valence-corrected chi connectivity index (χ3v) is 6.09. The van der Waals surface area contributed by atoms with Crippen LogP contribution in [0.25, 0.3) is 10.8 Å². The second-order valence-corrected chi connectivity index (χ2v) is 7.94. The van der Waals surface area contributed by atoms with Gasteiger partial charge in [-0.3, -0.25) is 4.72 Å². The van der Waals surface area contributed by atoms with Gasteiger partial charge in [0.1, 0.15) is 5.60 Å². The van der Waals surface area contributed by atoms with Gasteiger partial charge in [0.05, 0.1) is 8.55 Å². The van der Waals surface area contributed by atoms with Crippen LogP contribution < -0.4 is 4.72 Å². The molecule has 0 fully saturated rings. The van der Waals surface area contributed by atoms with Crippen molar-refractivity contribution in [2.24, 2.45) is 0 Å². The first kappa shape index (κ1) is 13.6. The van der Waals surface area contributed by atoms with E-state index in [0.29, 0.717) is 10.9 Å². The maximum absolute atomic E-state index is 11.2. The van der Waals surface area contributed by atoms with Crippen molar-refractivity contribution in [3.63, 3.8) is 0 Å². The summed E-state index contributed by atoms with van der Waals surface area (Å²) in [5.41, 5.74) is 0.759. The van der Waals surface area contributed by atoms with Gasteiger partial charge in [-0.05, 0) is 40.4 Å². The van der Waals surface area contributed by atoms with E-state index in [9.17, 15) is 5.11 Å². The van der Waals surface area contributed by atoms with Crippen molar-refractivity contribution in [2.75, 3.05) is 6.54 Å². The number of rotatable bonds is 1. The van der Waals surface area contributed by atoms with E-state index in [1.165, 1.54) is 28.7 Å². The maximum atomic E-state index is 11.2. The molecule has 4 rings (SSSR count). The summed E-state index contributed by atoms with van der Waals surface area (Å²) >= 11 is 9.16. The second-order valence-electron chi connectivity index (χ2n) is 5.10. The lowest BCUT2D eigenvalue weighted by Crippen LogP contribution is -2.39. The summed E-state index contributed by atoms with van der Waals surface area (Å²) in [6.45, 7) is 0.468. The third kappa shape index (κ3) is 2.18. The molecule has 1 unspecified atom stereocenters. The molecule has 0 saturated heterocycles. The Morgan fingerprint density at radius 3 is 2.76 bits per heavy atom. The zero-order valence-electron chi connectivity index (χ0n) is 11.0. The molecule has 1 aliphatic heterocycles. The molecule has 106 valence electrons. The first-order valence-corrected chi connectivity index (χ1v) is 8.59. The smallest absolute Gasteiger partial charge is 0.130 e. The molecular formula is C16H12ClNOS2. The molecule has 1 aromatic heterocycles. The molecule has 5 heteroatoms. The average Bonchev–Trinajstić information content (AvgIpc) is 2.89. The number of nitrogens with one attached hydrogen (secondary N) is 1. The summed E-state index contributed by atoms with van der Waals surface area (Å²) in [5.74, 6) is 0. The summed E-state index contributed by atoms with van der Waals surface area (Å²) in [6, 6.07) is 16.2. The molecule has 0 saturated carbocycles. The molecule has 2 aromatic carbocycles. The van der Waals surface area contributed by atoms with Crippen molar-refractivity contribution in [1.82, 2.24) is 4.72 Å². The quantitative estimate of drug-likeness (QED) is 0.647. The number of benzene rings is 2. The molecule has 1 atom stereocenters. The van der Waals surface area contributed by atoms with E-state index in [1.807, 2.05) is 24.3 Å². The van der Waals surface area contributed by atoms with E-state index in [0.717, 1.165) is 20.7 Å². The molecule has 0 bridgehead atoms. The van der Waals surface area contributed by atoms with Crippen LogP contribution in [0.1, 0.15) is 11.1 Å². The van der Waals surface area contributed by atoms with Gasteiger partial charge in [-0.1, -0.05) is 48.0 Å². The first-order chi connectivity index (χ1) is 10.2. The zero-order valence-corrected chi connectivity index (χ0v) is 13.4. The highest BCUT2D eigenvalue weighted by Crippen LogP contribution is 2.45. The van der Waals surface area contributed by atoms with Gasteiger partial charge in [-0.25, -0.2) is 0 Å². The molecule has 3 aromatic rings. The maximum Gasteiger partial charge on any atom is 0.130 e. The monoisotopic (exact) mass is 333 g/mol. The fraction of sp³-hybridized carbons (Fsp3) is 0.125. The van der Waals surface area contributed by atoms with Crippen LogP contribution in [0, 0.1) is 0 Å². The SMILES string of the molecule is OC1(c2ccc3ccccc3c2)CNSc2sc(Cl)cc21. The molecule has 0 radical (unpaired) electrons. The molecular weight excluding hydrogens is 322 g/mol. The molecule has 0 spiro atoms. The van der Waals surface area contributed by atoms with Crippen molar-refractivity contribution >= 4 is 45.7 Å². The number of hydrogen-bond donors (Lipinski definition) is 2. The highest BCUT2D eigenvalue weighted by molar-refractivity contribution is 7.99. The van der Waals surface area contributed by atoms with Gasteiger partial charge in [0.2, 0.25) is 0 Å². The van der Waals surface area contributed by atoms with Crippen LogP contribution in [0.5, 0.6) is 0 Å². The molecule has 2 heterocycles. The predicted octanol–water partition coefficient (Wildman–Crippen LogP) is 4.40. The van der Waals surface area contributed by atoms with E-state index >= 15 is 0 Å². The topological polar surface area (TPSA) is 32.3 Å². The van der Waals surface area contributed by atoms with Gasteiger partial charge in [-0.2, -0.15) is 0 Å². The van der Waals surface area contributed by atoms with Crippen LogP contribution in [-0.2, 0) is 5.60 Å². The zero-order chi connectivity index (χ0) is 14.4. The minimum atomic E-state index is -1.03. The lowest BCUT2D eigenvalue weighted by molar-refractivity contribution is 0.0828. The Labute approximate surface area is 135 Å². The van der Waals surface area contributed by atoms with E-state index in [1.54, 1.807) is 0 Å². The molecule has 1 aliphatic rings. The number of β-amino-alcohol motifs (C(OH)–C–C–N with tert-alkyl or cyclic N) is 1. The van der Waals surface area contributed by atoms with Gasteiger partial charge in [0.15, 0.2) is 0 Å². The molecule has 2 nitrogen and oxygen atoms in total. The van der Waals surface area contributed by atoms with Crippen LogP contribution in [0.2, 0.25) is 4.34 Å². The highest BCUT2D eigenvalue weighted by atomic mass is 35.5. The Bertz CT molecular complexity index is 832. The third-order valence-electron chi connectivity index (χ3n) is 3.83. The molecule has 0 aliphatic carbocycles. The normalized spacial score (nSPS) is 21.4. The fourth-order valence-electron chi connectivity index (χ4n) is 2.71. The van der Waals surface area contributed by atoms with Crippen LogP contribution >= 0.6 is 34.9 Å². The molecule has 0 amide bonds. The van der Waals surface area contributed by atoms with Gasteiger partial charge in [0.25, 0.3) is 0 Å². The Balaban J connectivity index is 1.91. The number of aliphatic hydroxyl groups is 1. The number of thiophene rings is 1. The van der Waals surface area contributed by atoms with Crippen LogP contribution in [0.4, 0.5) is 0 Å². The van der Waals surface area contributed by atoms with E-state index < -0.39 is 5.60 Å². The predicted molar refractivity (Wildman–Crippen MR) is 90.1 cm³/mol. The van der Waals surface area contributed by atoms with Gasteiger partial charge in [0, 0.05) is 12.1 Å². The first-order valence-electron chi connectivity index (χ1n) is 6.58. The minimum Gasteiger partial charge on any atom is -0.379 e. The Morgan fingerprint density at radius 2 is 1.90 bits per heavy atom. The standard InChI is InChI=1S/C16H12ClNOS2/c17-14-8-13-15(20-14)21-18-9-16(13,19)12-6-5-10-3-1-2-4-11(10)7-12/h1-8,18-19H,9H2. The number of hydrogen-bond acceptors (Lipinski definition) is 4. The fourth-order valence-corrected chi connectivity index (χ4v) is 5.25. The summed E-state index contributed by atoms with van der Waals surface area (Å²) in [4.78, 5) is 0. The summed E-state index contributed by atoms with van der Waals surface area (Å²) in [7, 11) is 0. The summed E-state index contributed by atoms with van der Waals surface area (Å²) < 4.78 is 4.94.